The van der Waals surface area contributed by atoms with Crippen LogP contribution in [0.2, 0.25) is 0 Å². The summed E-state index contributed by atoms with van der Waals surface area (Å²) < 4.78 is 2.04. The minimum Gasteiger partial charge on any atom is -0.356 e. The molecule has 0 saturated carbocycles. The number of fused-ring (bicyclic) bond motifs is 1. The summed E-state index contributed by atoms with van der Waals surface area (Å²) >= 11 is 0. The van der Waals surface area contributed by atoms with Gasteiger partial charge in [-0.1, -0.05) is 27.7 Å². The molecule has 0 aliphatic carbocycles. The van der Waals surface area contributed by atoms with E-state index in [0.717, 1.165) is 38.5 Å². The van der Waals surface area contributed by atoms with Crippen molar-refractivity contribution in [3.05, 3.63) is 11.9 Å². The summed E-state index contributed by atoms with van der Waals surface area (Å²) in [5, 5.41) is 3.24. The van der Waals surface area contributed by atoms with Gasteiger partial charge in [-0.25, -0.2) is 4.98 Å². The standard InChI is InChI=1S/C15H26N4O/c1-11(2)8-19(9-12(3)4)14(20)13-10-18-7-5-6-16-15(18)17-13/h10-12H,5-9H2,1-4H3,(H,16,17). The summed E-state index contributed by atoms with van der Waals surface area (Å²) in [6, 6.07) is 0. The molecular weight excluding hydrogens is 252 g/mol. The number of hydrogen-bond acceptors (Lipinski definition) is 3. The van der Waals surface area contributed by atoms with E-state index in [1.54, 1.807) is 0 Å². The van der Waals surface area contributed by atoms with Crippen LogP contribution in [0.5, 0.6) is 0 Å². The molecule has 1 N–H and O–H groups in total. The van der Waals surface area contributed by atoms with Crippen LogP contribution in [0.25, 0.3) is 0 Å². The molecule has 20 heavy (non-hydrogen) atoms. The van der Waals surface area contributed by atoms with E-state index >= 15 is 0 Å². The van der Waals surface area contributed by atoms with Crippen molar-refractivity contribution in [1.29, 1.82) is 0 Å². The molecule has 1 aliphatic rings. The molecule has 0 unspecified atom stereocenters. The fraction of sp³-hybridized carbons (Fsp3) is 0.733. The summed E-state index contributed by atoms with van der Waals surface area (Å²) in [5.41, 5.74) is 0.565. The summed E-state index contributed by atoms with van der Waals surface area (Å²) in [7, 11) is 0. The number of anilines is 1. The van der Waals surface area contributed by atoms with Crippen LogP contribution in [0.3, 0.4) is 0 Å². The van der Waals surface area contributed by atoms with Crippen LogP contribution in [0.15, 0.2) is 6.20 Å². The third kappa shape index (κ3) is 3.52. The zero-order valence-corrected chi connectivity index (χ0v) is 13.0. The molecule has 1 aromatic heterocycles. The number of rotatable bonds is 5. The van der Waals surface area contributed by atoms with Crippen molar-refractivity contribution in [3.8, 4) is 0 Å². The normalized spacial score (nSPS) is 14.3. The average Bonchev–Trinajstić information content (AvgIpc) is 2.79. The highest BCUT2D eigenvalue weighted by molar-refractivity contribution is 5.92. The number of nitrogens with zero attached hydrogens (tertiary/aromatic N) is 3. The highest BCUT2D eigenvalue weighted by Gasteiger charge is 2.22. The van der Waals surface area contributed by atoms with E-state index in [9.17, 15) is 4.79 Å². The van der Waals surface area contributed by atoms with Crippen LogP contribution in [-0.2, 0) is 6.54 Å². The van der Waals surface area contributed by atoms with Crippen LogP contribution in [0.1, 0.15) is 44.6 Å². The van der Waals surface area contributed by atoms with Gasteiger partial charge in [0, 0.05) is 32.4 Å². The van der Waals surface area contributed by atoms with E-state index in [4.69, 9.17) is 0 Å². The van der Waals surface area contributed by atoms with Gasteiger partial charge in [0.15, 0.2) is 0 Å². The minimum absolute atomic E-state index is 0.0519. The Labute approximate surface area is 121 Å². The van der Waals surface area contributed by atoms with Crippen molar-refractivity contribution in [1.82, 2.24) is 14.5 Å². The molecule has 0 aromatic carbocycles. The molecule has 1 amide bonds. The SMILES string of the molecule is CC(C)CN(CC(C)C)C(=O)c1cn2c(n1)NCCC2. The van der Waals surface area contributed by atoms with E-state index in [2.05, 4.69) is 38.0 Å². The van der Waals surface area contributed by atoms with Crippen molar-refractivity contribution >= 4 is 11.9 Å². The van der Waals surface area contributed by atoms with E-state index in [0.29, 0.717) is 17.5 Å². The Hall–Kier alpha value is -1.52. The molecule has 0 spiro atoms. The molecular formula is C15H26N4O. The molecule has 112 valence electrons. The molecule has 0 saturated heterocycles. The van der Waals surface area contributed by atoms with Crippen molar-refractivity contribution in [2.24, 2.45) is 11.8 Å². The largest absolute Gasteiger partial charge is 0.356 e. The number of carbonyl (C=O) groups excluding carboxylic acids is 1. The monoisotopic (exact) mass is 278 g/mol. The number of aryl methyl sites for hydroxylation is 1. The Kier molecular flexibility index (Phi) is 4.68. The van der Waals surface area contributed by atoms with Crippen molar-refractivity contribution in [2.75, 3.05) is 25.0 Å². The van der Waals surface area contributed by atoms with Crippen LogP contribution in [0, 0.1) is 11.8 Å². The number of carbonyl (C=O) groups is 1. The quantitative estimate of drug-likeness (QED) is 0.900. The molecule has 5 heteroatoms. The lowest BCUT2D eigenvalue weighted by Crippen LogP contribution is -2.37. The minimum atomic E-state index is 0.0519. The molecule has 1 aromatic rings. The van der Waals surface area contributed by atoms with E-state index in [1.165, 1.54) is 0 Å². The Balaban J connectivity index is 2.15. The average molecular weight is 278 g/mol. The second-order valence-electron chi connectivity index (χ2n) is 6.42. The molecule has 0 atom stereocenters. The van der Waals surface area contributed by atoms with Gasteiger partial charge in [0.2, 0.25) is 5.95 Å². The smallest absolute Gasteiger partial charge is 0.274 e. The van der Waals surface area contributed by atoms with Crippen LogP contribution < -0.4 is 5.32 Å². The summed E-state index contributed by atoms with van der Waals surface area (Å²) in [5.74, 6) is 1.81. The molecule has 0 fully saturated rings. The first-order valence-electron chi connectivity index (χ1n) is 7.57. The summed E-state index contributed by atoms with van der Waals surface area (Å²) in [6.07, 6.45) is 2.97. The highest BCUT2D eigenvalue weighted by Crippen LogP contribution is 2.16. The van der Waals surface area contributed by atoms with Gasteiger partial charge in [-0.15, -0.1) is 0 Å². The fourth-order valence-electron chi connectivity index (χ4n) is 2.56. The van der Waals surface area contributed by atoms with Crippen LogP contribution >= 0.6 is 0 Å². The lowest BCUT2D eigenvalue weighted by atomic mass is 10.1. The maximum absolute atomic E-state index is 12.7. The molecule has 2 heterocycles. The van der Waals surface area contributed by atoms with E-state index in [1.807, 2.05) is 15.7 Å². The lowest BCUT2D eigenvalue weighted by molar-refractivity contribution is 0.0709. The van der Waals surface area contributed by atoms with Gasteiger partial charge in [0.05, 0.1) is 0 Å². The number of amides is 1. The molecule has 0 radical (unpaired) electrons. The van der Waals surface area contributed by atoms with Gasteiger partial charge >= 0.3 is 0 Å². The van der Waals surface area contributed by atoms with Gasteiger partial charge in [-0.05, 0) is 18.3 Å². The second kappa shape index (κ2) is 6.29. The first-order valence-corrected chi connectivity index (χ1v) is 7.57. The van der Waals surface area contributed by atoms with Gasteiger partial charge < -0.3 is 14.8 Å². The van der Waals surface area contributed by atoms with Crippen molar-refractivity contribution < 1.29 is 4.79 Å². The Morgan fingerprint density at radius 1 is 1.35 bits per heavy atom. The van der Waals surface area contributed by atoms with Crippen LogP contribution in [0.4, 0.5) is 5.95 Å². The number of imidazole rings is 1. The first-order chi connectivity index (χ1) is 9.47. The van der Waals surface area contributed by atoms with Gasteiger partial charge in [-0.3, -0.25) is 4.79 Å². The predicted octanol–water partition coefficient (Wildman–Crippen LogP) is 2.45. The molecule has 2 rings (SSSR count). The van der Waals surface area contributed by atoms with Gasteiger partial charge in [-0.2, -0.15) is 0 Å². The third-order valence-electron chi connectivity index (χ3n) is 3.31. The molecule has 1 aliphatic heterocycles. The number of hydrogen-bond donors (Lipinski definition) is 1. The zero-order chi connectivity index (χ0) is 14.7. The Morgan fingerprint density at radius 3 is 2.55 bits per heavy atom. The maximum atomic E-state index is 12.7. The Bertz CT molecular complexity index is 431. The topological polar surface area (TPSA) is 50.2 Å². The zero-order valence-electron chi connectivity index (χ0n) is 13.0. The van der Waals surface area contributed by atoms with Gasteiger partial charge in [0.1, 0.15) is 5.69 Å². The van der Waals surface area contributed by atoms with E-state index in [-0.39, 0.29) is 5.91 Å². The highest BCUT2D eigenvalue weighted by atomic mass is 16.2. The molecule has 0 bridgehead atoms. The van der Waals surface area contributed by atoms with E-state index < -0.39 is 0 Å². The predicted molar refractivity (Wildman–Crippen MR) is 80.9 cm³/mol. The number of nitrogens with one attached hydrogen (secondary N) is 1. The van der Waals surface area contributed by atoms with Crippen molar-refractivity contribution in [3.63, 3.8) is 0 Å². The third-order valence-corrected chi connectivity index (χ3v) is 3.31. The van der Waals surface area contributed by atoms with Crippen LogP contribution in [-0.4, -0.2) is 40.0 Å². The molecule has 5 nitrogen and oxygen atoms in total. The Morgan fingerprint density at radius 2 is 2.00 bits per heavy atom. The fourth-order valence-corrected chi connectivity index (χ4v) is 2.56. The number of aromatic nitrogens is 2. The lowest BCUT2D eigenvalue weighted by Gasteiger charge is -2.25. The summed E-state index contributed by atoms with van der Waals surface area (Å²) in [4.78, 5) is 19.0. The summed E-state index contributed by atoms with van der Waals surface area (Å²) in [6.45, 7) is 12.0. The second-order valence-corrected chi connectivity index (χ2v) is 6.42. The van der Waals surface area contributed by atoms with Crippen molar-refractivity contribution in [2.45, 2.75) is 40.7 Å². The van der Waals surface area contributed by atoms with Gasteiger partial charge in [0.25, 0.3) is 5.91 Å². The maximum Gasteiger partial charge on any atom is 0.274 e. The first kappa shape index (κ1) is 14.9.